The van der Waals surface area contributed by atoms with Crippen molar-refractivity contribution in [2.45, 2.75) is 32.6 Å². The molecule has 2 aromatic rings. The van der Waals surface area contributed by atoms with Gasteiger partial charge in [0.1, 0.15) is 11.3 Å². The number of aryl methyl sites for hydroxylation is 1. The number of carbonyl (C=O) groups is 2. The second-order valence-electron chi connectivity index (χ2n) is 6.73. The first-order chi connectivity index (χ1) is 12.4. The first kappa shape index (κ1) is 18.0. The summed E-state index contributed by atoms with van der Waals surface area (Å²) in [5.74, 6) is -0.488. The molecule has 26 heavy (non-hydrogen) atoms. The molecule has 1 fully saturated rings. The lowest BCUT2D eigenvalue weighted by Crippen LogP contribution is -2.41. The Labute approximate surface area is 150 Å². The van der Waals surface area contributed by atoms with Crippen LogP contribution in [0.2, 0.25) is 0 Å². The number of nitrogens with zero attached hydrogens (tertiary/aromatic N) is 1. The summed E-state index contributed by atoms with van der Waals surface area (Å²) in [6.45, 7) is 2.84. The van der Waals surface area contributed by atoms with Gasteiger partial charge >= 0.3 is 5.63 Å². The first-order valence-corrected chi connectivity index (χ1v) is 8.69. The van der Waals surface area contributed by atoms with E-state index in [-0.39, 0.29) is 29.9 Å². The number of carbonyl (C=O) groups excluding carboxylic acids is 2. The molecule has 1 saturated heterocycles. The van der Waals surface area contributed by atoms with Crippen LogP contribution >= 0.6 is 0 Å². The van der Waals surface area contributed by atoms with Crippen LogP contribution < -0.4 is 11.4 Å². The second kappa shape index (κ2) is 7.19. The number of phenols is 1. The zero-order chi connectivity index (χ0) is 18.8. The third kappa shape index (κ3) is 3.56. The number of hydrogen-bond donors (Lipinski definition) is 2. The van der Waals surface area contributed by atoms with Crippen molar-refractivity contribution in [3.63, 3.8) is 0 Å². The maximum Gasteiger partial charge on any atom is 0.339 e. The molecular formula is C19H22N2O5. The number of fused-ring (bicyclic) bond motifs is 1. The number of aromatic hydroxyl groups is 1. The van der Waals surface area contributed by atoms with Crippen molar-refractivity contribution < 1.29 is 19.1 Å². The number of nitrogens with two attached hydrogens (primary N) is 1. The summed E-state index contributed by atoms with van der Waals surface area (Å²) in [6, 6.07) is 4.64. The topological polar surface area (TPSA) is 114 Å². The van der Waals surface area contributed by atoms with Crippen molar-refractivity contribution in [3.05, 3.63) is 39.7 Å². The van der Waals surface area contributed by atoms with Gasteiger partial charge in [-0.05, 0) is 43.9 Å². The molecule has 0 unspecified atom stereocenters. The number of piperidine rings is 1. The Kier molecular flexibility index (Phi) is 4.97. The molecule has 0 spiro atoms. The predicted octanol–water partition coefficient (Wildman–Crippen LogP) is 1.46. The van der Waals surface area contributed by atoms with Crippen LogP contribution in [0, 0.1) is 12.8 Å². The molecule has 0 aliphatic carbocycles. The first-order valence-electron chi connectivity index (χ1n) is 8.69. The molecule has 7 heteroatoms. The van der Waals surface area contributed by atoms with Gasteiger partial charge in [-0.2, -0.15) is 0 Å². The third-order valence-electron chi connectivity index (χ3n) is 5.11. The lowest BCUT2D eigenvalue weighted by Gasteiger charge is -2.30. The van der Waals surface area contributed by atoms with Gasteiger partial charge in [-0.15, -0.1) is 0 Å². The van der Waals surface area contributed by atoms with Crippen LogP contribution in [0.4, 0.5) is 0 Å². The van der Waals surface area contributed by atoms with E-state index in [1.54, 1.807) is 11.0 Å². The highest BCUT2D eigenvalue weighted by atomic mass is 16.4. The summed E-state index contributed by atoms with van der Waals surface area (Å²) < 4.78 is 5.28. The van der Waals surface area contributed by atoms with Gasteiger partial charge in [0.05, 0.1) is 0 Å². The van der Waals surface area contributed by atoms with Crippen LogP contribution in [-0.2, 0) is 16.0 Å². The number of primary amides is 1. The third-order valence-corrected chi connectivity index (χ3v) is 5.11. The van der Waals surface area contributed by atoms with Crippen LogP contribution in [0.15, 0.2) is 27.4 Å². The Bertz CT molecular complexity index is 910. The smallest absolute Gasteiger partial charge is 0.339 e. The van der Waals surface area contributed by atoms with Gasteiger partial charge in [0, 0.05) is 42.4 Å². The normalized spacial score (nSPS) is 15.3. The van der Waals surface area contributed by atoms with Crippen molar-refractivity contribution in [2.24, 2.45) is 11.7 Å². The average Bonchev–Trinajstić information content (AvgIpc) is 2.61. The fraction of sp³-hybridized carbons (Fsp3) is 0.421. The van der Waals surface area contributed by atoms with Gasteiger partial charge in [0.15, 0.2) is 0 Å². The molecule has 0 atom stereocenters. The van der Waals surface area contributed by atoms with E-state index in [4.69, 9.17) is 10.2 Å². The van der Waals surface area contributed by atoms with Gasteiger partial charge in [-0.1, -0.05) is 0 Å². The highest BCUT2D eigenvalue weighted by Crippen LogP contribution is 2.24. The maximum absolute atomic E-state index is 12.4. The number of phenolic OH excluding ortho intramolecular Hbond substituents is 1. The molecule has 1 aliphatic heterocycles. The van der Waals surface area contributed by atoms with Crippen LogP contribution in [-0.4, -0.2) is 34.9 Å². The van der Waals surface area contributed by atoms with Crippen molar-refractivity contribution in [1.82, 2.24) is 4.90 Å². The highest BCUT2D eigenvalue weighted by Gasteiger charge is 2.26. The lowest BCUT2D eigenvalue weighted by atomic mass is 9.95. The minimum atomic E-state index is -0.485. The van der Waals surface area contributed by atoms with E-state index in [0.29, 0.717) is 43.5 Å². The standard InChI is InChI=1S/C19H22N2O5/c1-11-14-3-2-13(22)10-16(14)26-19(25)15(11)4-5-17(23)21-8-6-12(7-9-21)18(20)24/h2-3,10,12,22H,4-9H2,1H3,(H2,20,24). The van der Waals surface area contributed by atoms with Crippen LogP contribution in [0.3, 0.4) is 0 Å². The number of likely N-dealkylation sites (tertiary alicyclic amines) is 1. The van der Waals surface area contributed by atoms with Crippen molar-refractivity contribution in [1.29, 1.82) is 0 Å². The lowest BCUT2D eigenvalue weighted by molar-refractivity contribution is -0.134. The van der Waals surface area contributed by atoms with E-state index < -0.39 is 5.63 Å². The van der Waals surface area contributed by atoms with E-state index in [0.717, 1.165) is 10.9 Å². The summed E-state index contributed by atoms with van der Waals surface area (Å²) in [5, 5.41) is 10.3. The summed E-state index contributed by atoms with van der Waals surface area (Å²) in [4.78, 5) is 37.6. The summed E-state index contributed by atoms with van der Waals surface area (Å²) in [7, 11) is 0. The molecule has 7 nitrogen and oxygen atoms in total. The molecule has 3 N–H and O–H groups in total. The molecule has 0 saturated carbocycles. The number of hydrogen-bond acceptors (Lipinski definition) is 5. The molecular weight excluding hydrogens is 336 g/mol. The average molecular weight is 358 g/mol. The van der Waals surface area contributed by atoms with Gasteiger partial charge in [-0.25, -0.2) is 4.79 Å². The maximum atomic E-state index is 12.4. The SMILES string of the molecule is Cc1c(CCC(=O)N2CCC(C(N)=O)CC2)c(=O)oc2cc(O)ccc12. The van der Waals surface area contributed by atoms with Crippen molar-refractivity contribution in [3.8, 4) is 5.75 Å². The summed E-state index contributed by atoms with van der Waals surface area (Å²) in [6.07, 6.45) is 1.67. The van der Waals surface area contributed by atoms with Crippen molar-refractivity contribution in [2.75, 3.05) is 13.1 Å². The Morgan fingerprint density at radius 1 is 1.31 bits per heavy atom. The molecule has 0 radical (unpaired) electrons. The minimum absolute atomic E-state index is 0.0299. The van der Waals surface area contributed by atoms with Crippen LogP contribution in [0.5, 0.6) is 5.75 Å². The Balaban J connectivity index is 1.70. The Morgan fingerprint density at radius 2 is 2.00 bits per heavy atom. The molecule has 0 bridgehead atoms. The zero-order valence-electron chi connectivity index (χ0n) is 14.7. The fourth-order valence-corrected chi connectivity index (χ4v) is 3.48. The van der Waals surface area contributed by atoms with Crippen LogP contribution in [0.25, 0.3) is 11.0 Å². The summed E-state index contributed by atoms with van der Waals surface area (Å²) in [5.41, 5.74) is 6.39. The largest absolute Gasteiger partial charge is 0.508 e. The van der Waals surface area contributed by atoms with E-state index in [1.807, 2.05) is 6.92 Å². The highest BCUT2D eigenvalue weighted by molar-refractivity contribution is 5.83. The van der Waals surface area contributed by atoms with Gasteiger partial charge < -0.3 is 20.2 Å². The van der Waals surface area contributed by atoms with Crippen LogP contribution in [0.1, 0.15) is 30.4 Å². The quantitative estimate of drug-likeness (QED) is 0.803. The van der Waals surface area contributed by atoms with Gasteiger partial charge in [0.2, 0.25) is 11.8 Å². The van der Waals surface area contributed by atoms with Gasteiger partial charge in [0.25, 0.3) is 0 Å². The Morgan fingerprint density at radius 3 is 2.65 bits per heavy atom. The molecule has 1 aromatic carbocycles. The van der Waals surface area contributed by atoms with E-state index in [2.05, 4.69) is 0 Å². The molecule has 1 aliphatic rings. The molecule has 2 amide bonds. The number of rotatable bonds is 4. The number of amides is 2. The summed E-state index contributed by atoms with van der Waals surface area (Å²) >= 11 is 0. The van der Waals surface area contributed by atoms with E-state index in [9.17, 15) is 19.5 Å². The number of benzene rings is 1. The second-order valence-corrected chi connectivity index (χ2v) is 6.73. The Hall–Kier alpha value is -2.83. The molecule has 138 valence electrons. The minimum Gasteiger partial charge on any atom is -0.508 e. The van der Waals surface area contributed by atoms with E-state index >= 15 is 0 Å². The molecule has 3 rings (SSSR count). The molecule has 2 heterocycles. The molecule has 1 aromatic heterocycles. The van der Waals surface area contributed by atoms with Gasteiger partial charge in [-0.3, -0.25) is 9.59 Å². The van der Waals surface area contributed by atoms with Crippen molar-refractivity contribution >= 4 is 22.8 Å². The monoisotopic (exact) mass is 358 g/mol. The zero-order valence-corrected chi connectivity index (χ0v) is 14.7. The predicted molar refractivity (Wildman–Crippen MR) is 95.7 cm³/mol. The van der Waals surface area contributed by atoms with E-state index in [1.165, 1.54) is 12.1 Å². The fourth-order valence-electron chi connectivity index (χ4n) is 3.48.